The first-order valence-corrected chi connectivity index (χ1v) is 6.08. The van der Waals surface area contributed by atoms with E-state index in [0.29, 0.717) is 12.2 Å². The van der Waals surface area contributed by atoms with Gasteiger partial charge in [-0.15, -0.1) is 0 Å². The zero-order chi connectivity index (χ0) is 15.5. The fourth-order valence-corrected chi connectivity index (χ4v) is 1.67. The predicted molar refractivity (Wildman–Crippen MR) is 70.2 cm³/mol. The van der Waals surface area contributed by atoms with Gasteiger partial charge in [-0.2, -0.15) is 18.3 Å². The van der Waals surface area contributed by atoms with Gasteiger partial charge in [0.1, 0.15) is 6.54 Å². The Kier molecular flexibility index (Phi) is 4.27. The molecule has 0 bridgehead atoms. The minimum atomic E-state index is -4.51. The third kappa shape index (κ3) is 4.06. The SMILES string of the molecule is NCc1ccc(NC(=O)Cn2ccc(C(F)(F)F)n2)cc1. The number of nitrogens with one attached hydrogen (secondary N) is 1. The molecule has 0 saturated heterocycles. The van der Waals surface area contributed by atoms with Crippen LogP contribution < -0.4 is 11.1 Å². The molecule has 1 amide bonds. The molecule has 0 spiro atoms. The summed E-state index contributed by atoms with van der Waals surface area (Å²) in [6, 6.07) is 7.68. The van der Waals surface area contributed by atoms with Gasteiger partial charge in [0.2, 0.25) is 5.91 Å². The Morgan fingerprint density at radius 2 is 1.90 bits per heavy atom. The second-order valence-electron chi connectivity index (χ2n) is 4.35. The van der Waals surface area contributed by atoms with Gasteiger partial charge in [0.25, 0.3) is 0 Å². The number of hydrogen-bond acceptors (Lipinski definition) is 3. The maximum Gasteiger partial charge on any atom is 0.435 e. The minimum Gasteiger partial charge on any atom is -0.326 e. The zero-order valence-electron chi connectivity index (χ0n) is 10.9. The van der Waals surface area contributed by atoms with E-state index in [1.807, 2.05) is 0 Å². The molecule has 2 rings (SSSR count). The molecular formula is C13H13F3N4O. The summed E-state index contributed by atoms with van der Waals surface area (Å²) in [6.07, 6.45) is -3.40. The molecule has 1 aromatic carbocycles. The monoisotopic (exact) mass is 298 g/mol. The van der Waals surface area contributed by atoms with Gasteiger partial charge in [0, 0.05) is 18.4 Å². The number of nitrogens with zero attached hydrogens (tertiary/aromatic N) is 2. The summed E-state index contributed by atoms with van der Waals surface area (Å²) in [4.78, 5) is 11.7. The number of alkyl halides is 3. The van der Waals surface area contributed by atoms with Gasteiger partial charge in [-0.3, -0.25) is 9.48 Å². The van der Waals surface area contributed by atoms with Gasteiger partial charge < -0.3 is 11.1 Å². The predicted octanol–water partition coefficient (Wildman–Crippen LogP) is 2.00. The lowest BCUT2D eigenvalue weighted by Gasteiger charge is -2.06. The standard InChI is InChI=1S/C13H13F3N4O/c14-13(15,16)11-5-6-20(19-11)8-12(21)18-10-3-1-9(7-17)2-4-10/h1-6H,7-8,17H2,(H,18,21). The number of benzene rings is 1. The van der Waals surface area contributed by atoms with Crippen molar-refractivity contribution in [2.24, 2.45) is 5.73 Å². The fourth-order valence-electron chi connectivity index (χ4n) is 1.67. The van der Waals surface area contributed by atoms with Crippen molar-refractivity contribution in [3.8, 4) is 0 Å². The molecule has 0 aliphatic carbocycles. The van der Waals surface area contributed by atoms with Gasteiger partial charge in [-0.1, -0.05) is 12.1 Å². The number of hydrogen-bond donors (Lipinski definition) is 2. The van der Waals surface area contributed by atoms with Crippen LogP contribution in [0.15, 0.2) is 36.5 Å². The number of anilines is 1. The van der Waals surface area contributed by atoms with Crippen LogP contribution in [-0.4, -0.2) is 15.7 Å². The van der Waals surface area contributed by atoms with Gasteiger partial charge in [-0.05, 0) is 23.8 Å². The summed E-state index contributed by atoms with van der Waals surface area (Å²) >= 11 is 0. The van der Waals surface area contributed by atoms with Crippen LogP contribution in [-0.2, 0) is 24.1 Å². The fraction of sp³-hybridized carbons (Fsp3) is 0.231. The summed E-state index contributed by atoms with van der Waals surface area (Å²) < 4.78 is 38.0. The first kappa shape index (κ1) is 15.0. The second-order valence-corrected chi connectivity index (χ2v) is 4.35. The lowest BCUT2D eigenvalue weighted by molar-refractivity contribution is -0.141. The maximum atomic E-state index is 12.4. The molecule has 3 N–H and O–H groups in total. The van der Waals surface area contributed by atoms with Gasteiger partial charge >= 0.3 is 6.18 Å². The van der Waals surface area contributed by atoms with Crippen molar-refractivity contribution in [2.45, 2.75) is 19.3 Å². The van der Waals surface area contributed by atoms with Crippen LogP contribution in [0.5, 0.6) is 0 Å². The third-order valence-electron chi connectivity index (χ3n) is 2.71. The number of rotatable bonds is 4. The van der Waals surface area contributed by atoms with E-state index in [9.17, 15) is 18.0 Å². The molecule has 0 aliphatic heterocycles. The van der Waals surface area contributed by atoms with Crippen LogP contribution in [0.25, 0.3) is 0 Å². The molecular weight excluding hydrogens is 285 g/mol. The minimum absolute atomic E-state index is 0.297. The summed E-state index contributed by atoms with van der Waals surface area (Å²) in [5.74, 6) is -0.465. The van der Waals surface area contributed by atoms with Crippen molar-refractivity contribution < 1.29 is 18.0 Å². The molecule has 21 heavy (non-hydrogen) atoms. The van der Waals surface area contributed by atoms with Crippen LogP contribution in [0.2, 0.25) is 0 Å². The largest absolute Gasteiger partial charge is 0.435 e. The van der Waals surface area contributed by atoms with Crippen molar-refractivity contribution in [3.05, 3.63) is 47.8 Å². The number of carbonyl (C=O) groups is 1. The Bertz CT molecular complexity index is 619. The van der Waals surface area contributed by atoms with Crippen LogP contribution in [0.4, 0.5) is 18.9 Å². The van der Waals surface area contributed by atoms with E-state index >= 15 is 0 Å². The highest BCUT2D eigenvalue weighted by Gasteiger charge is 2.33. The number of aromatic nitrogens is 2. The smallest absolute Gasteiger partial charge is 0.326 e. The van der Waals surface area contributed by atoms with Crippen LogP contribution in [0, 0.1) is 0 Å². The summed E-state index contributed by atoms with van der Waals surface area (Å²) in [7, 11) is 0. The van der Waals surface area contributed by atoms with Gasteiger partial charge in [0.05, 0.1) is 0 Å². The van der Waals surface area contributed by atoms with E-state index in [1.54, 1.807) is 24.3 Å². The number of nitrogens with two attached hydrogens (primary N) is 1. The van der Waals surface area contributed by atoms with E-state index in [1.165, 1.54) is 0 Å². The van der Waals surface area contributed by atoms with E-state index in [-0.39, 0.29) is 6.54 Å². The Balaban J connectivity index is 1.96. The Morgan fingerprint density at radius 3 is 2.43 bits per heavy atom. The van der Waals surface area contributed by atoms with Crippen molar-refractivity contribution >= 4 is 11.6 Å². The lowest BCUT2D eigenvalue weighted by Crippen LogP contribution is -2.19. The molecule has 0 radical (unpaired) electrons. The van der Waals surface area contributed by atoms with E-state index in [4.69, 9.17) is 5.73 Å². The Morgan fingerprint density at radius 1 is 1.24 bits per heavy atom. The van der Waals surface area contributed by atoms with Crippen LogP contribution >= 0.6 is 0 Å². The van der Waals surface area contributed by atoms with E-state index < -0.39 is 17.8 Å². The van der Waals surface area contributed by atoms with Crippen molar-refractivity contribution in [1.82, 2.24) is 9.78 Å². The summed E-state index contributed by atoms with van der Waals surface area (Å²) in [5, 5.41) is 5.87. The summed E-state index contributed by atoms with van der Waals surface area (Å²) in [6.45, 7) is 0.0937. The summed E-state index contributed by atoms with van der Waals surface area (Å²) in [5.41, 5.74) is 5.88. The molecule has 0 saturated carbocycles. The zero-order valence-corrected chi connectivity index (χ0v) is 10.9. The molecule has 0 unspecified atom stereocenters. The van der Waals surface area contributed by atoms with E-state index in [0.717, 1.165) is 22.5 Å². The molecule has 112 valence electrons. The average Bonchev–Trinajstić information content (AvgIpc) is 2.88. The quantitative estimate of drug-likeness (QED) is 0.906. The molecule has 2 aromatic rings. The number of carbonyl (C=O) groups excluding carboxylic acids is 1. The Hall–Kier alpha value is -2.35. The number of halogens is 3. The maximum absolute atomic E-state index is 12.4. The second kappa shape index (κ2) is 5.96. The first-order chi connectivity index (χ1) is 9.88. The highest BCUT2D eigenvalue weighted by molar-refractivity contribution is 5.90. The van der Waals surface area contributed by atoms with E-state index in [2.05, 4.69) is 10.4 Å². The van der Waals surface area contributed by atoms with Crippen LogP contribution in [0.3, 0.4) is 0 Å². The van der Waals surface area contributed by atoms with Gasteiger partial charge in [-0.25, -0.2) is 0 Å². The normalized spacial score (nSPS) is 11.4. The molecule has 5 nitrogen and oxygen atoms in total. The molecule has 1 heterocycles. The first-order valence-electron chi connectivity index (χ1n) is 6.08. The van der Waals surface area contributed by atoms with Crippen molar-refractivity contribution in [1.29, 1.82) is 0 Å². The molecule has 8 heteroatoms. The highest BCUT2D eigenvalue weighted by atomic mass is 19.4. The van der Waals surface area contributed by atoms with Crippen LogP contribution in [0.1, 0.15) is 11.3 Å². The molecule has 0 atom stereocenters. The Labute approximate surface area is 118 Å². The average molecular weight is 298 g/mol. The molecule has 0 aliphatic rings. The molecule has 1 aromatic heterocycles. The van der Waals surface area contributed by atoms with Gasteiger partial charge in [0.15, 0.2) is 5.69 Å². The highest BCUT2D eigenvalue weighted by Crippen LogP contribution is 2.27. The number of amides is 1. The van der Waals surface area contributed by atoms with Crippen molar-refractivity contribution in [3.63, 3.8) is 0 Å². The molecule has 0 fully saturated rings. The van der Waals surface area contributed by atoms with Crippen molar-refractivity contribution in [2.75, 3.05) is 5.32 Å². The topological polar surface area (TPSA) is 72.9 Å². The third-order valence-corrected chi connectivity index (χ3v) is 2.71. The lowest BCUT2D eigenvalue weighted by atomic mass is 10.2.